The van der Waals surface area contributed by atoms with Crippen LogP contribution in [0.2, 0.25) is 0 Å². The molecule has 5 aliphatic carbocycles. The molecule has 7 N–H and O–H groups in total. The van der Waals surface area contributed by atoms with Crippen LogP contribution in [0.5, 0.6) is 0 Å². The average molecular weight is 1960 g/mol. The van der Waals surface area contributed by atoms with Gasteiger partial charge >= 0.3 is 41.8 Å². The summed E-state index contributed by atoms with van der Waals surface area (Å²) in [6, 6.07) is 0. The molecule has 17 atom stereocenters. The molecule has 0 saturated heterocycles. The summed E-state index contributed by atoms with van der Waals surface area (Å²) in [4.78, 5) is 76.6. The lowest BCUT2D eigenvalue weighted by molar-refractivity contribution is -0.138. The third-order valence-electron chi connectivity index (χ3n) is 33.5. The largest absolute Gasteiger partial charge is 0.481 e. The van der Waals surface area contributed by atoms with Crippen LogP contribution in [0.3, 0.4) is 0 Å². The second kappa shape index (κ2) is 87.9. The van der Waals surface area contributed by atoms with Gasteiger partial charge in [0, 0.05) is 44.9 Å². The minimum atomic E-state index is -0.677. The van der Waals surface area contributed by atoms with Gasteiger partial charge in [-0.05, 0) is 261 Å². The fraction of sp³-hybridized carbons (Fsp3) is 0.849. The molecule has 0 bridgehead atoms. The van der Waals surface area contributed by atoms with Crippen LogP contribution in [-0.4, -0.2) is 77.5 Å². The first-order chi connectivity index (χ1) is 68.2. The van der Waals surface area contributed by atoms with Gasteiger partial charge in [-0.1, -0.05) is 448 Å². The molecule has 0 radical (unpaired) electrons. The topological polar surface area (TPSA) is 261 Å². The molecular formula is C126H222O14. The standard InChI is InChI=1S/C54H96O6.C36H62O4.C36H64O4/c1-4-7-10-13-18-27-35-46-47(36-28-19-15-22-31-40-51(57)58)49(38-29-20-16-23-32-41-52(59)60)54-45(34-25-17-14-21-30-39-50(55)56)43-42-44(33-24-11-8-5-2)53(54)48(46)37-26-12-9-6-3;1-3-5-7-14-21-31-28-34-32(27-30(31)19-6-4-2)26-25-29(20-15-10-8-12-17-23-35(37)38)33(34)22-16-11-9-13-18-24-36(39)40;1-3-5-7-17-23-31-29-30-32(24-18-13-12-16-22-28-36(39)40)34(33(31)25-19-8-6-4-2)26-20-14-10-9-11-15-21-27-35(37)38/h18,27,42-49,53-54H,4-17,19-26,28-41H2,1-3H3,(H,55,56)(H,57,58)(H,59,60);25-26,28-33H,3-24,27H2,1-2H3,(H,37,38)(H,39,40);20,26,29-34H,3-19,21-25,27-28H2,1-2H3,(H,37,38)(H,39,40)/b27-18+;;26-20+. The Hall–Kier alpha value is -5.27. The number of unbranched alkanes of at least 4 members (excludes halogenated alkanes) is 48. The van der Waals surface area contributed by atoms with E-state index >= 15 is 0 Å². The maximum atomic E-state index is 11.2. The van der Waals surface area contributed by atoms with E-state index in [0.717, 1.165) is 177 Å². The van der Waals surface area contributed by atoms with E-state index in [-0.39, 0.29) is 19.3 Å². The van der Waals surface area contributed by atoms with Gasteiger partial charge in [-0.3, -0.25) is 33.6 Å². The molecule has 0 aromatic rings. The monoisotopic (exact) mass is 1960 g/mol. The van der Waals surface area contributed by atoms with Crippen LogP contribution >= 0.6 is 0 Å². The Balaban J connectivity index is 0.000000558. The van der Waals surface area contributed by atoms with Crippen LogP contribution in [0.1, 0.15) is 581 Å². The number of carbonyl (C=O) groups is 7. The van der Waals surface area contributed by atoms with Crippen molar-refractivity contribution in [2.45, 2.75) is 581 Å². The average Bonchev–Trinajstić information content (AvgIpc) is 0.736. The first-order valence-electron chi connectivity index (χ1n) is 60.8. The van der Waals surface area contributed by atoms with Crippen molar-refractivity contribution in [1.29, 1.82) is 0 Å². The Bertz CT molecular complexity index is 3230. The van der Waals surface area contributed by atoms with Gasteiger partial charge in [0.25, 0.3) is 0 Å². The Morgan fingerprint density at radius 3 is 0.900 bits per heavy atom. The number of fused-ring (bicyclic) bond motifs is 2. The van der Waals surface area contributed by atoms with Gasteiger partial charge in [0.05, 0.1) is 0 Å². The van der Waals surface area contributed by atoms with E-state index in [1.165, 1.54) is 347 Å². The number of hydrogen-bond acceptors (Lipinski definition) is 7. The molecule has 1 fully saturated rings. The second-order valence-electron chi connectivity index (χ2n) is 45.0. The van der Waals surface area contributed by atoms with Gasteiger partial charge in [0.15, 0.2) is 0 Å². The molecule has 0 heterocycles. The molecule has 0 spiro atoms. The summed E-state index contributed by atoms with van der Waals surface area (Å²) in [6.45, 7) is 16.2. The fourth-order valence-electron chi connectivity index (χ4n) is 25.7. The predicted octanol–water partition coefficient (Wildman–Crippen LogP) is 38.3. The summed E-state index contributed by atoms with van der Waals surface area (Å²) in [5.41, 5.74) is 1.77. The van der Waals surface area contributed by atoms with Gasteiger partial charge in [-0.15, -0.1) is 0 Å². The van der Waals surface area contributed by atoms with Crippen molar-refractivity contribution >= 4 is 41.8 Å². The number of allylic oxidation sites excluding steroid dienone is 12. The van der Waals surface area contributed by atoms with Crippen molar-refractivity contribution in [2.75, 3.05) is 0 Å². The molecule has 0 aliphatic heterocycles. The lowest BCUT2D eigenvalue weighted by Gasteiger charge is -2.58. The van der Waals surface area contributed by atoms with Crippen LogP contribution < -0.4 is 0 Å². The number of hydrogen-bond donors (Lipinski definition) is 7. The third-order valence-corrected chi connectivity index (χ3v) is 33.5. The van der Waals surface area contributed by atoms with E-state index < -0.39 is 41.8 Å². The highest BCUT2D eigenvalue weighted by atomic mass is 16.4. The highest BCUT2D eigenvalue weighted by Gasteiger charge is 2.54. The van der Waals surface area contributed by atoms with Crippen molar-refractivity contribution in [2.24, 2.45) is 101 Å². The summed E-state index contributed by atoms with van der Waals surface area (Å²) in [6.07, 6.45) is 123. The normalized spacial score (nSPS) is 23.1. The summed E-state index contributed by atoms with van der Waals surface area (Å²) in [7, 11) is 0. The van der Waals surface area contributed by atoms with Crippen LogP contribution in [0, 0.1) is 101 Å². The summed E-state index contributed by atoms with van der Waals surface area (Å²) < 4.78 is 0. The third kappa shape index (κ3) is 62.7. The Labute approximate surface area is 860 Å². The molecule has 1 saturated carbocycles. The van der Waals surface area contributed by atoms with Gasteiger partial charge < -0.3 is 35.7 Å². The zero-order valence-electron chi connectivity index (χ0n) is 91.8. The SMILES string of the molecule is CCCCC/C=C/CC1C(CCCCCCCC(=O)O)C(CCCCCCCC(=O)O)C2C(CCCCCCCC(=O)O)C=CC(CCCCCC)C2C1CCCCCC.CCCCCCC1C=C2C(C=CC(CCCCCCCC(=O)O)C2CCCCCCCC(=O)O)CC1CCCC.CCCCCCC1C=CC(CCCCCCCC(=O)O)C(/C=C/CCCCCCCC(=O)O)C1CCCCCC. The predicted molar refractivity (Wildman–Crippen MR) is 589 cm³/mol. The van der Waals surface area contributed by atoms with Crippen molar-refractivity contribution in [1.82, 2.24) is 0 Å². The van der Waals surface area contributed by atoms with E-state index in [4.69, 9.17) is 25.5 Å². The van der Waals surface area contributed by atoms with Crippen molar-refractivity contribution < 1.29 is 69.3 Å². The van der Waals surface area contributed by atoms with E-state index in [1.54, 1.807) is 5.57 Å². The van der Waals surface area contributed by atoms with E-state index in [2.05, 4.69) is 115 Å². The first-order valence-corrected chi connectivity index (χ1v) is 60.8. The molecule has 14 nitrogen and oxygen atoms in total. The Morgan fingerprint density at radius 2 is 0.507 bits per heavy atom. The van der Waals surface area contributed by atoms with Gasteiger partial charge in [-0.2, -0.15) is 0 Å². The molecule has 0 aromatic carbocycles. The lowest BCUT2D eigenvalue weighted by atomic mass is 9.47. The van der Waals surface area contributed by atoms with Crippen molar-refractivity contribution in [3.8, 4) is 0 Å². The highest BCUT2D eigenvalue weighted by molar-refractivity contribution is 5.68. The Kier molecular flexibility index (Phi) is 80.9. The van der Waals surface area contributed by atoms with Crippen LogP contribution in [0.15, 0.2) is 72.4 Å². The molecule has 14 heteroatoms. The summed E-state index contributed by atoms with van der Waals surface area (Å²) in [5.74, 6) is 7.20. The number of carboxylic acid groups (broad SMARTS) is 7. The smallest absolute Gasteiger partial charge is 0.303 e. The number of carboxylic acids is 7. The molecule has 0 aromatic heterocycles. The van der Waals surface area contributed by atoms with E-state index in [0.29, 0.717) is 90.8 Å². The molecule has 5 rings (SSSR count). The van der Waals surface area contributed by atoms with E-state index in [1.807, 2.05) is 0 Å². The van der Waals surface area contributed by atoms with E-state index in [9.17, 15) is 43.8 Å². The highest BCUT2D eigenvalue weighted by Crippen LogP contribution is 2.61. The van der Waals surface area contributed by atoms with Crippen LogP contribution in [0.4, 0.5) is 0 Å². The van der Waals surface area contributed by atoms with Crippen LogP contribution in [-0.2, 0) is 33.6 Å². The van der Waals surface area contributed by atoms with Crippen molar-refractivity contribution in [3.05, 3.63) is 72.4 Å². The quantitative estimate of drug-likeness (QED) is 0.0221. The van der Waals surface area contributed by atoms with Gasteiger partial charge in [0.2, 0.25) is 0 Å². The summed E-state index contributed by atoms with van der Waals surface area (Å²) >= 11 is 0. The lowest BCUT2D eigenvalue weighted by Crippen LogP contribution is -2.52. The Morgan fingerprint density at radius 1 is 0.236 bits per heavy atom. The van der Waals surface area contributed by atoms with Crippen molar-refractivity contribution in [3.63, 3.8) is 0 Å². The zero-order valence-corrected chi connectivity index (χ0v) is 91.8. The second-order valence-corrected chi connectivity index (χ2v) is 45.0. The zero-order chi connectivity index (χ0) is 102. The molecule has 0 amide bonds. The van der Waals surface area contributed by atoms with Crippen LogP contribution in [0.25, 0.3) is 0 Å². The molecule has 810 valence electrons. The molecule has 17 unspecified atom stereocenters. The van der Waals surface area contributed by atoms with Gasteiger partial charge in [0.1, 0.15) is 0 Å². The van der Waals surface area contributed by atoms with Gasteiger partial charge in [-0.25, -0.2) is 0 Å². The minimum Gasteiger partial charge on any atom is -0.481 e. The molecule has 140 heavy (non-hydrogen) atoms. The fourth-order valence-corrected chi connectivity index (χ4v) is 25.7. The maximum absolute atomic E-state index is 11.2. The summed E-state index contributed by atoms with van der Waals surface area (Å²) in [5, 5.41) is 63.1. The first kappa shape index (κ1) is 129. The molecule has 5 aliphatic rings. The minimum absolute atomic E-state index is 0.283. The maximum Gasteiger partial charge on any atom is 0.303 e. The number of aliphatic carboxylic acids is 7. The number of rotatable bonds is 91. The molecular weight excluding hydrogens is 1740 g/mol.